The Kier molecular flexibility index (Phi) is 7.83. The first-order valence-corrected chi connectivity index (χ1v) is 10.6. The first-order valence-electron chi connectivity index (χ1n) is 10.6. The molecule has 170 valence electrons. The second-order valence-electron chi connectivity index (χ2n) is 8.07. The molecule has 0 aromatic heterocycles. The Bertz CT molecular complexity index is 968. The maximum absolute atomic E-state index is 12.6. The van der Waals surface area contributed by atoms with E-state index in [0.717, 1.165) is 0 Å². The minimum atomic E-state index is -0.142. The van der Waals surface area contributed by atoms with Gasteiger partial charge in [0, 0.05) is 31.3 Å². The number of rotatable bonds is 7. The number of piperidine rings is 1. The normalized spacial score (nSPS) is 14.5. The van der Waals surface area contributed by atoms with Crippen molar-refractivity contribution in [3.8, 4) is 5.75 Å². The summed E-state index contributed by atoms with van der Waals surface area (Å²) in [5.74, 6) is 0.242. The van der Waals surface area contributed by atoms with Crippen LogP contribution in [0.3, 0.4) is 0 Å². The van der Waals surface area contributed by atoms with Gasteiger partial charge >= 0.3 is 0 Å². The molecule has 0 atom stereocenters. The number of hydrogen-bond acceptors (Lipinski definition) is 5. The zero-order valence-corrected chi connectivity index (χ0v) is 18.8. The number of para-hydroxylation sites is 2. The van der Waals surface area contributed by atoms with Crippen LogP contribution in [0.15, 0.2) is 48.5 Å². The fourth-order valence-electron chi connectivity index (χ4n) is 3.73. The number of carbonyl (C=O) groups excluding carboxylic acids is 3. The third-order valence-corrected chi connectivity index (χ3v) is 5.49. The van der Waals surface area contributed by atoms with Crippen LogP contribution in [0.4, 0.5) is 11.4 Å². The largest absolute Gasteiger partial charge is 0.495 e. The molecule has 0 aliphatic carbocycles. The molecule has 3 amide bonds. The van der Waals surface area contributed by atoms with Crippen molar-refractivity contribution in [2.45, 2.75) is 12.8 Å². The van der Waals surface area contributed by atoms with Crippen LogP contribution < -0.4 is 15.4 Å². The van der Waals surface area contributed by atoms with Crippen molar-refractivity contribution in [1.82, 2.24) is 9.80 Å². The van der Waals surface area contributed by atoms with E-state index in [2.05, 4.69) is 10.6 Å². The third kappa shape index (κ3) is 6.07. The van der Waals surface area contributed by atoms with Crippen molar-refractivity contribution < 1.29 is 19.1 Å². The number of ether oxygens (including phenoxy) is 1. The number of carbonyl (C=O) groups is 3. The fourth-order valence-corrected chi connectivity index (χ4v) is 3.73. The zero-order chi connectivity index (χ0) is 23.1. The van der Waals surface area contributed by atoms with Gasteiger partial charge in [0.1, 0.15) is 5.75 Å². The van der Waals surface area contributed by atoms with Gasteiger partial charge < -0.3 is 20.3 Å². The van der Waals surface area contributed by atoms with E-state index in [1.807, 2.05) is 29.2 Å². The predicted octanol–water partition coefficient (Wildman–Crippen LogP) is 2.69. The average molecular weight is 439 g/mol. The summed E-state index contributed by atoms with van der Waals surface area (Å²) in [6.07, 6.45) is 1.36. The average Bonchev–Trinajstić information content (AvgIpc) is 2.79. The standard InChI is InChI=1S/C24H30N4O4/c1-27(2)24(31)18-7-6-8-19(15-18)25-22(29)16-28-13-11-17(12-14-28)23(30)26-20-9-4-5-10-21(20)32-3/h4-10,15,17H,11-14,16H2,1-3H3,(H,25,29)(H,26,30). The molecule has 32 heavy (non-hydrogen) atoms. The van der Waals surface area contributed by atoms with Gasteiger partial charge in [-0.1, -0.05) is 18.2 Å². The van der Waals surface area contributed by atoms with Gasteiger partial charge in [-0.05, 0) is 56.3 Å². The lowest BCUT2D eigenvalue weighted by atomic mass is 9.95. The van der Waals surface area contributed by atoms with Crippen LogP contribution in [0.5, 0.6) is 5.75 Å². The fraction of sp³-hybridized carbons (Fsp3) is 0.375. The molecular formula is C24H30N4O4. The van der Waals surface area contributed by atoms with Crippen molar-refractivity contribution in [3.63, 3.8) is 0 Å². The quantitative estimate of drug-likeness (QED) is 0.694. The summed E-state index contributed by atoms with van der Waals surface area (Å²) in [6.45, 7) is 1.57. The molecule has 8 nitrogen and oxygen atoms in total. The number of amides is 3. The van der Waals surface area contributed by atoms with Gasteiger partial charge in [0.15, 0.2) is 0 Å². The minimum absolute atomic E-state index is 0.0269. The van der Waals surface area contributed by atoms with E-state index in [-0.39, 0.29) is 30.2 Å². The summed E-state index contributed by atoms with van der Waals surface area (Å²) >= 11 is 0. The van der Waals surface area contributed by atoms with Gasteiger partial charge in [0.2, 0.25) is 11.8 Å². The van der Waals surface area contributed by atoms with Gasteiger partial charge in [0.05, 0.1) is 19.3 Å². The Morgan fingerprint density at radius 2 is 1.75 bits per heavy atom. The van der Waals surface area contributed by atoms with E-state index in [0.29, 0.717) is 48.6 Å². The smallest absolute Gasteiger partial charge is 0.253 e. The van der Waals surface area contributed by atoms with E-state index in [4.69, 9.17) is 4.74 Å². The highest BCUT2D eigenvalue weighted by Gasteiger charge is 2.26. The number of methoxy groups -OCH3 is 1. The van der Waals surface area contributed by atoms with Crippen LogP contribution in [0.1, 0.15) is 23.2 Å². The Balaban J connectivity index is 1.47. The Morgan fingerprint density at radius 3 is 2.44 bits per heavy atom. The molecule has 1 aliphatic rings. The number of anilines is 2. The van der Waals surface area contributed by atoms with Crippen LogP contribution in [0.25, 0.3) is 0 Å². The molecule has 2 N–H and O–H groups in total. The molecule has 3 rings (SSSR count). The molecule has 1 heterocycles. The molecule has 8 heteroatoms. The van der Waals surface area contributed by atoms with Crippen molar-refractivity contribution in [2.75, 3.05) is 51.5 Å². The second-order valence-corrected chi connectivity index (χ2v) is 8.07. The molecule has 0 radical (unpaired) electrons. The molecule has 0 saturated carbocycles. The lowest BCUT2D eigenvalue weighted by Crippen LogP contribution is -2.41. The molecule has 1 saturated heterocycles. The third-order valence-electron chi connectivity index (χ3n) is 5.49. The first kappa shape index (κ1) is 23.3. The highest BCUT2D eigenvalue weighted by atomic mass is 16.5. The lowest BCUT2D eigenvalue weighted by Gasteiger charge is -2.30. The topological polar surface area (TPSA) is 91.0 Å². The highest BCUT2D eigenvalue weighted by molar-refractivity contribution is 5.97. The van der Waals surface area contributed by atoms with Crippen LogP contribution in [-0.4, -0.2) is 68.4 Å². The van der Waals surface area contributed by atoms with Crippen LogP contribution in [0.2, 0.25) is 0 Å². The van der Waals surface area contributed by atoms with Crippen LogP contribution in [0, 0.1) is 5.92 Å². The van der Waals surface area contributed by atoms with Crippen molar-refractivity contribution in [1.29, 1.82) is 0 Å². The van der Waals surface area contributed by atoms with Gasteiger partial charge in [-0.25, -0.2) is 0 Å². The lowest BCUT2D eigenvalue weighted by molar-refractivity contribution is -0.121. The number of nitrogens with one attached hydrogen (secondary N) is 2. The number of nitrogens with zero attached hydrogens (tertiary/aromatic N) is 2. The zero-order valence-electron chi connectivity index (χ0n) is 18.8. The molecule has 0 bridgehead atoms. The molecule has 0 unspecified atom stereocenters. The van der Waals surface area contributed by atoms with Gasteiger partial charge in [-0.2, -0.15) is 0 Å². The minimum Gasteiger partial charge on any atom is -0.495 e. The van der Waals surface area contributed by atoms with Gasteiger partial charge in [-0.15, -0.1) is 0 Å². The van der Waals surface area contributed by atoms with E-state index in [1.165, 1.54) is 4.90 Å². The summed E-state index contributed by atoms with van der Waals surface area (Å²) in [4.78, 5) is 40.8. The van der Waals surface area contributed by atoms with E-state index in [1.54, 1.807) is 45.5 Å². The Labute approximate surface area is 188 Å². The molecule has 0 spiro atoms. The van der Waals surface area contributed by atoms with Crippen molar-refractivity contribution in [2.24, 2.45) is 5.92 Å². The van der Waals surface area contributed by atoms with Crippen molar-refractivity contribution in [3.05, 3.63) is 54.1 Å². The number of benzene rings is 2. The number of hydrogen-bond donors (Lipinski definition) is 2. The van der Waals surface area contributed by atoms with E-state index in [9.17, 15) is 14.4 Å². The number of likely N-dealkylation sites (tertiary alicyclic amines) is 1. The van der Waals surface area contributed by atoms with Crippen molar-refractivity contribution >= 4 is 29.1 Å². The SMILES string of the molecule is COc1ccccc1NC(=O)C1CCN(CC(=O)Nc2cccc(C(=O)N(C)C)c2)CC1. The van der Waals surface area contributed by atoms with Crippen LogP contribution >= 0.6 is 0 Å². The van der Waals surface area contributed by atoms with Gasteiger partial charge in [-0.3, -0.25) is 19.3 Å². The first-order chi connectivity index (χ1) is 15.4. The second kappa shape index (κ2) is 10.8. The molecule has 2 aromatic carbocycles. The summed E-state index contributed by atoms with van der Waals surface area (Å²) in [6, 6.07) is 14.2. The molecule has 1 fully saturated rings. The highest BCUT2D eigenvalue weighted by Crippen LogP contribution is 2.25. The maximum Gasteiger partial charge on any atom is 0.253 e. The summed E-state index contributed by atoms with van der Waals surface area (Å²) in [5.41, 5.74) is 1.78. The van der Waals surface area contributed by atoms with Crippen LogP contribution in [-0.2, 0) is 9.59 Å². The molecule has 2 aromatic rings. The Hall–Kier alpha value is -3.39. The Morgan fingerprint density at radius 1 is 1.03 bits per heavy atom. The summed E-state index contributed by atoms with van der Waals surface area (Å²) in [5, 5.41) is 5.81. The summed E-state index contributed by atoms with van der Waals surface area (Å²) in [7, 11) is 4.95. The molecule has 1 aliphatic heterocycles. The van der Waals surface area contributed by atoms with E-state index >= 15 is 0 Å². The monoisotopic (exact) mass is 438 g/mol. The summed E-state index contributed by atoms with van der Waals surface area (Å²) < 4.78 is 5.29. The van der Waals surface area contributed by atoms with Gasteiger partial charge in [0.25, 0.3) is 5.91 Å². The van der Waals surface area contributed by atoms with E-state index < -0.39 is 0 Å². The predicted molar refractivity (Wildman–Crippen MR) is 124 cm³/mol. The maximum atomic E-state index is 12.6. The molecular weight excluding hydrogens is 408 g/mol.